The molecule has 0 atom stereocenters. The van der Waals surface area contributed by atoms with Crippen LogP contribution >= 0.6 is 0 Å². The van der Waals surface area contributed by atoms with Gasteiger partial charge in [-0.05, 0) is 63.1 Å². The van der Waals surface area contributed by atoms with Gasteiger partial charge in [-0.3, -0.25) is 4.79 Å². The summed E-state index contributed by atoms with van der Waals surface area (Å²) in [5.41, 5.74) is 1.71. The second kappa shape index (κ2) is 8.22. The van der Waals surface area contributed by atoms with Gasteiger partial charge in [-0.1, -0.05) is 11.6 Å². The largest absolute Gasteiger partial charge is 0.495 e. The summed E-state index contributed by atoms with van der Waals surface area (Å²) in [6.45, 7) is 0.555. The highest BCUT2D eigenvalue weighted by molar-refractivity contribution is 7.89. The highest BCUT2D eigenvalue weighted by Gasteiger charge is 2.30. The second-order valence-corrected chi connectivity index (χ2v) is 8.56. The summed E-state index contributed by atoms with van der Waals surface area (Å²) < 4.78 is 32.9. The van der Waals surface area contributed by atoms with E-state index >= 15 is 0 Å². The van der Waals surface area contributed by atoms with Crippen molar-refractivity contribution in [3.63, 3.8) is 0 Å². The van der Waals surface area contributed by atoms with Gasteiger partial charge in [0, 0.05) is 18.2 Å². The van der Waals surface area contributed by atoms with Crippen LogP contribution in [0, 0.1) is 0 Å². The van der Waals surface area contributed by atoms with Crippen molar-refractivity contribution in [3.05, 3.63) is 35.4 Å². The summed E-state index contributed by atoms with van der Waals surface area (Å²) in [5.74, 6) is -0.0333. The minimum absolute atomic E-state index is 0.00837. The van der Waals surface area contributed by atoms with E-state index in [2.05, 4.69) is 16.1 Å². The van der Waals surface area contributed by atoms with Crippen molar-refractivity contribution in [2.45, 2.75) is 55.9 Å². The number of hydrogen-bond acceptors (Lipinski definition) is 4. The molecule has 0 heterocycles. The SMILES string of the molecule is COc1ccc(C(=O)NCCC2=CCCCC2)cc1S(=O)(=O)NC1CC1. The molecular formula is C19H26N2O4S. The van der Waals surface area contributed by atoms with E-state index in [1.54, 1.807) is 6.07 Å². The van der Waals surface area contributed by atoms with E-state index < -0.39 is 10.0 Å². The maximum Gasteiger partial charge on any atom is 0.251 e. The van der Waals surface area contributed by atoms with Gasteiger partial charge in [-0.15, -0.1) is 0 Å². The molecule has 0 aromatic heterocycles. The minimum atomic E-state index is -3.70. The van der Waals surface area contributed by atoms with E-state index in [1.165, 1.54) is 37.7 Å². The van der Waals surface area contributed by atoms with Crippen molar-refractivity contribution < 1.29 is 17.9 Å². The number of amides is 1. The third-order valence-corrected chi connectivity index (χ3v) is 6.27. The molecule has 2 N–H and O–H groups in total. The molecule has 1 aromatic rings. The number of methoxy groups -OCH3 is 1. The van der Waals surface area contributed by atoms with Gasteiger partial charge < -0.3 is 10.1 Å². The molecule has 2 aliphatic rings. The molecule has 2 aliphatic carbocycles. The first-order valence-electron chi connectivity index (χ1n) is 9.16. The van der Waals surface area contributed by atoms with Gasteiger partial charge in [0.05, 0.1) is 7.11 Å². The maximum atomic E-state index is 12.5. The average Bonchev–Trinajstić information content (AvgIpc) is 3.45. The Morgan fingerprint density at radius 3 is 2.73 bits per heavy atom. The fourth-order valence-corrected chi connectivity index (χ4v) is 4.58. The average molecular weight is 378 g/mol. The summed E-state index contributed by atoms with van der Waals surface area (Å²) in [6.07, 6.45) is 9.48. The molecule has 0 unspecified atom stereocenters. The number of carbonyl (C=O) groups is 1. The Labute approximate surface area is 155 Å². The van der Waals surface area contributed by atoms with Crippen LogP contribution in [-0.2, 0) is 10.0 Å². The molecule has 26 heavy (non-hydrogen) atoms. The fourth-order valence-electron chi connectivity index (χ4n) is 3.08. The Kier molecular flexibility index (Phi) is 5.98. The van der Waals surface area contributed by atoms with Crippen LogP contribution in [0.1, 0.15) is 55.3 Å². The van der Waals surface area contributed by atoms with E-state index in [9.17, 15) is 13.2 Å². The third-order valence-electron chi connectivity index (χ3n) is 4.73. The van der Waals surface area contributed by atoms with Crippen LogP contribution in [0.25, 0.3) is 0 Å². The number of benzene rings is 1. The highest BCUT2D eigenvalue weighted by Crippen LogP contribution is 2.28. The van der Waals surface area contributed by atoms with Crippen LogP contribution in [0.3, 0.4) is 0 Å². The number of ether oxygens (including phenoxy) is 1. The zero-order chi connectivity index (χ0) is 18.6. The van der Waals surface area contributed by atoms with E-state index in [-0.39, 0.29) is 22.6 Å². The summed E-state index contributed by atoms with van der Waals surface area (Å²) >= 11 is 0. The number of sulfonamides is 1. The van der Waals surface area contributed by atoms with Gasteiger partial charge in [0.1, 0.15) is 10.6 Å². The lowest BCUT2D eigenvalue weighted by Crippen LogP contribution is -2.28. The molecule has 1 amide bonds. The maximum absolute atomic E-state index is 12.5. The topological polar surface area (TPSA) is 84.5 Å². The van der Waals surface area contributed by atoms with Crippen LogP contribution in [0.5, 0.6) is 5.75 Å². The van der Waals surface area contributed by atoms with Crippen molar-refractivity contribution in [2.75, 3.05) is 13.7 Å². The minimum Gasteiger partial charge on any atom is -0.495 e. The molecule has 0 radical (unpaired) electrons. The number of nitrogens with one attached hydrogen (secondary N) is 2. The van der Waals surface area contributed by atoms with Crippen molar-refractivity contribution in [1.29, 1.82) is 0 Å². The van der Waals surface area contributed by atoms with Crippen molar-refractivity contribution in [1.82, 2.24) is 10.0 Å². The van der Waals surface area contributed by atoms with E-state index in [4.69, 9.17) is 4.74 Å². The summed E-state index contributed by atoms with van der Waals surface area (Å²) in [5, 5.41) is 2.88. The van der Waals surface area contributed by atoms with E-state index in [0.717, 1.165) is 32.1 Å². The van der Waals surface area contributed by atoms with Gasteiger partial charge in [-0.25, -0.2) is 13.1 Å². The lowest BCUT2D eigenvalue weighted by Gasteiger charge is -2.14. The molecule has 1 fully saturated rings. The Hall–Kier alpha value is -1.86. The fraction of sp³-hybridized carbons (Fsp3) is 0.526. The summed E-state index contributed by atoms with van der Waals surface area (Å²) in [4.78, 5) is 12.4. The number of hydrogen-bond donors (Lipinski definition) is 2. The standard InChI is InChI=1S/C19H26N2O4S/c1-25-17-10-7-15(13-18(17)26(23,24)21-16-8-9-16)19(22)20-12-11-14-5-3-2-4-6-14/h5,7,10,13,16,21H,2-4,6,8-9,11-12H2,1H3,(H,20,22). The molecular weight excluding hydrogens is 352 g/mol. The van der Waals surface area contributed by atoms with Crippen LogP contribution in [0.2, 0.25) is 0 Å². The quantitative estimate of drug-likeness (QED) is 0.681. The second-order valence-electron chi connectivity index (χ2n) is 6.88. The van der Waals surface area contributed by atoms with Crippen LogP contribution < -0.4 is 14.8 Å². The molecule has 1 aromatic carbocycles. The van der Waals surface area contributed by atoms with Crippen LogP contribution in [0.15, 0.2) is 34.7 Å². The zero-order valence-corrected chi connectivity index (χ0v) is 15.9. The van der Waals surface area contributed by atoms with Crippen LogP contribution in [-0.4, -0.2) is 34.0 Å². The van der Waals surface area contributed by atoms with Gasteiger partial charge >= 0.3 is 0 Å². The molecule has 1 saturated carbocycles. The van der Waals surface area contributed by atoms with E-state index in [1.807, 2.05) is 0 Å². The third kappa shape index (κ3) is 4.86. The molecule has 0 saturated heterocycles. The summed E-state index contributed by atoms with van der Waals surface area (Å²) in [6, 6.07) is 4.49. The van der Waals surface area contributed by atoms with E-state index in [0.29, 0.717) is 12.1 Å². The van der Waals surface area contributed by atoms with Gasteiger partial charge in [-0.2, -0.15) is 0 Å². The Morgan fingerprint density at radius 2 is 2.08 bits per heavy atom. The molecule has 0 spiro atoms. The lowest BCUT2D eigenvalue weighted by molar-refractivity contribution is 0.0953. The molecule has 142 valence electrons. The number of rotatable bonds is 8. The monoisotopic (exact) mass is 378 g/mol. The molecule has 3 rings (SSSR count). The first-order valence-corrected chi connectivity index (χ1v) is 10.6. The highest BCUT2D eigenvalue weighted by atomic mass is 32.2. The summed E-state index contributed by atoms with van der Waals surface area (Å²) in [7, 11) is -2.28. The van der Waals surface area contributed by atoms with Crippen molar-refractivity contribution in [2.24, 2.45) is 0 Å². The molecule has 0 aliphatic heterocycles. The first-order chi connectivity index (χ1) is 12.5. The predicted molar refractivity (Wildman–Crippen MR) is 99.8 cm³/mol. The van der Waals surface area contributed by atoms with Crippen LogP contribution in [0.4, 0.5) is 0 Å². The molecule has 0 bridgehead atoms. The molecule has 6 nitrogen and oxygen atoms in total. The zero-order valence-electron chi connectivity index (χ0n) is 15.1. The predicted octanol–water partition coefficient (Wildman–Crippen LogP) is 2.76. The normalized spacial score (nSPS) is 17.5. The Bertz CT molecular complexity index is 798. The Morgan fingerprint density at radius 1 is 1.27 bits per heavy atom. The smallest absolute Gasteiger partial charge is 0.251 e. The first kappa shape index (κ1) is 18.9. The molecule has 7 heteroatoms. The number of carbonyl (C=O) groups excluding carboxylic acids is 1. The lowest BCUT2D eigenvalue weighted by atomic mass is 9.97. The number of allylic oxidation sites excluding steroid dienone is 1. The van der Waals surface area contributed by atoms with Crippen molar-refractivity contribution in [3.8, 4) is 5.75 Å². The Balaban J connectivity index is 1.67. The van der Waals surface area contributed by atoms with Gasteiger partial charge in [0.25, 0.3) is 5.91 Å². The van der Waals surface area contributed by atoms with Crippen molar-refractivity contribution >= 4 is 15.9 Å². The van der Waals surface area contributed by atoms with Gasteiger partial charge in [0.2, 0.25) is 10.0 Å². The van der Waals surface area contributed by atoms with Gasteiger partial charge in [0.15, 0.2) is 0 Å².